The number of para-hydroxylation sites is 2. The van der Waals surface area contributed by atoms with Crippen molar-refractivity contribution >= 4 is 33.1 Å². The first kappa shape index (κ1) is 41.4. The Morgan fingerprint density at radius 3 is 1.60 bits per heavy atom. The lowest BCUT2D eigenvalue weighted by atomic mass is 10.1. The second-order valence-electron chi connectivity index (χ2n) is 15.8. The Morgan fingerprint density at radius 2 is 1.03 bits per heavy atom. The van der Waals surface area contributed by atoms with E-state index in [1.54, 1.807) is 73.5 Å². The molecule has 0 aliphatic heterocycles. The number of aryl methyl sites for hydroxylation is 3. The summed E-state index contributed by atoms with van der Waals surface area (Å²) in [6.45, 7) is 0.408. The van der Waals surface area contributed by atoms with Gasteiger partial charge in [0.05, 0.1) is 68.3 Å². The Morgan fingerprint density at radius 1 is 0.471 bits per heavy atom. The van der Waals surface area contributed by atoms with Crippen LogP contribution in [0.3, 0.4) is 0 Å². The molecule has 0 amide bonds. The van der Waals surface area contributed by atoms with Crippen molar-refractivity contribution in [1.29, 1.82) is 0 Å². The second-order valence-corrected chi connectivity index (χ2v) is 15.8. The van der Waals surface area contributed by atoms with E-state index in [0.29, 0.717) is 75.6 Å². The van der Waals surface area contributed by atoms with E-state index in [-0.39, 0.29) is 25.8 Å². The van der Waals surface area contributed by atoms with Gasteiger partial charge in [-0.3, -0.25) is 15.0 Å². The van der Waals surface area contributed by atoms with E-state index in [1.807, 2.05) is 79.0 Å². The zero-order valence-electron chi connectivity index (χ0n) is 37.2. The molecule has 0 fully saturated rings. The Balaban J connectivity index is 0.755. The molecule has 0 N–H and O–H groups in total. The highest BCUT2D eigenvalue weighted by atomic mass is 16.5. The minimum absolute atomic E-state index is 0.0997. The van der Waals surface area contributed by atoms with E-state index < -0.39 is 0 Å². The maximum absolute atomic E-state index is 6.36. The minimum atomic E-state index is 0.0997. The molecule has 0 bridgehead atoms. The molecule has 70 heavy (non-hydrogen) atoms. The average Bonchev–Trinajstić information content (AvgIpc) is 4.27. The highest BCUT2D eigenvalue weighted by Gasteiger charge is 2.23. The van der Waals surface area contributed by atoms with E-state index in [0.717, 1.165) is 33.2 Å². The monoisotopic (exact) mass is 933 g/mol. The van der Waals surface area contributed by atoms with Crippen LogP contribution in [0.5, 0.6) is 18.0 Å². The normalized spacial score (nSPS) is 11.6. The Labute approximate surface area is 393 Å². The number of rotatable bonds is 15. The van der Waals surface area contributed by atoms with Gasteiger partial charge >= 0.3 is 18.0 Å². The zero-order chi connectivity index (χ0) is 47.1. The lowest BCUT2D eigenvalue weighted by molar-refractivity contribution is 0.271. The molecule has 0 saturated carbocycles. The van der Waals surface area contributed by atoms with Gasteiger partial charge in [-0.05, 0) is 97.4 Å². The fourth-order valence-corrected chi connectivity index (χ4v) is 7.82. The van der Waals surface area contributed by atoms with Crippen LogP contribution in [0.4, 0.5) is 0 Å². The van der Waals surface area contributed by atoms with Gasteiger partial charge in [0.25, 0.3) is 17.8 Å². The summed E-state index contributed by atoms with van der Waals surface area (Å²) in [6, 6.07) is 26.1. The standard InChI is InChI=1S/C44H35N23O3/c1-62-39(53-56-59-62)65-36-7-5-4-6-32(36)50-42(65)70-24-31-20-48-35(21-47-31)28-10-13-34-38(18-28)67(41-55-58-61-64(41)3)44(52-34)68-22-29-11-8-27(19-46-29)16-26-9-12-33-37(17-26)66(40-54-57-60-63(40)2)43(51-33)69-23-30-14-15-45-25-49-30/h4-15,17-21,25H,16,22-24H2,1-3H3. The summed E-state index contributed by atoms with van der Waals surface area (Å²) in [5.41, 5.74) is 9.77. The molecule has 0 aliphatic carbocycles. The zero-order valence-corrected chi connectivity index (χ0v) is 37.2. The lowest BCUT2D eigenvalue weighted by Gasteiger charge is -2.10. The van der Waals surface area contributed by atoms with Gasteiger partial charge in [-0.2, -0.15) is 15.0 Å². The fraction of sp³-hybridized carbons (Fsp3) is 0.159. The predicted molar refractivity (Wildman–Crippen MR) is 243 cm³/mol. The van der Waals surface area contributed by atoms with Crippen LogP contribution in [-0.4, -0.2) is 114 Å². The van der Waals surface area contributed by atoms with Gasteiger partial charge in [0.2, 0.25) is 0 Å². The number of pyridine rings is 1. The lowest BCUT2D eigenvalue weighted by Crippen LogP contribution is -2.09. The van der Waals surface area contributed by atoms with Crippen LogP contribution in [-0.2, 0) is 47.4 Å². The van der Waals surface area contributed by atoms with Gasteiger partial charge in [-0.1, -0.05) is 45.6 Å². The number of hydrogen-bond acceptors (Lipinski definition) is 20. The third-order valence-electron chi connectivity index (χ3n) is 11.2. The number of benzene rings is 3. The third kappa shape index (κ3) is 7.74. The molecule has 0 unspecified atom stereocenters. The highest BCUT2D eigenvalue weighted by molar-refractivity contribution is 5.84. The van der Waals surface area contributed by atoms with Crippen molar-refractivity contribution in [2.75, 3.05) is 0 Å². The molecule has 0 aliphatic rings. The second kappa shape index (κ2) is 17.3. The van der Waals surface area contributed by atoms with Crippen LogP contribution >= 0.6 is 0 Å². The number of hydrogen-bond donors (Lipinski definition) is 0. The first-order valence-corrected chi connectivity index (χ1v) is 21.5. The van der Waals surface area contributed by atoms with Crippen molar-refractivity contribution in [2.45, 2.75) is 26.2 Å². The Hall–Kier alpha value is -10.0. The summed E-state index contributed by atoms with van der Waals surface area (Å²) < 4.78 is 28.6. The predicted octanol–water partition coefficient (Wildman–Crippen LogP) is 3.24. The van der Waals surface area contributed by atoms with E-state index >= 15 is 0 Å². The van der Waals surface area contributed by atoms with Crippen molar-refractivity contribution in [3.63, 3.8) is 0 Å². The molecule has 26 heteroatoms. The van der Waals surface area contributed by atoms with Crippen LogP contribution in [0.1, 0.15) is 28.2 Å². The molecule has 0 saturated heterocycles. The first-order valence-electron chi connectivity index (χ1n) is 21.5. The summed E-state index contributed by atoms with van der Waals surface area (Å²) in [5.74, 6) is 1.31. The van der Waals surface area contributed by atoms with Crippen molar-refractivity contribution in [3.8, 4) is 47.1 Å². The summed E-state index contributed by atoms with van der Waals surface area (Å²) in [5, 5.41) is 36.3. The number of fused-ring (bicyclic) bond motifs is 3. The van der Waals surface area contributed by atoms with Gasteiger partial charge in [-0.15, -0.1) is 0 Å². The molecule has 3 aromatic carbocycles. The van der Waals surface area contributed by atoms with Crippen molar-refractivity contribution in [1.82, 2.24) is 114 Å². The molecule has 26 nitrogen and oxygen atoms in total. The number of ether oxygens (including phenoxy) is 3. The topological polar surface area (TPSA) is 276 Å². The van der Waals surface area contributed by atoms with Crippen molar-refractivity contribution < 1.29 is 14.2 Å². The first-order chi connectivity index (χ1) is 34.4. The number of tetrazole rings is 3. The molecule has 344 valence electrons. The molecule has 9 heterocycles. The summed E-state index contributed by atoms with van der Waals surface area (Å²) in [6.07, 6.45) is 8.91. The van der Waals surface area contributed by atoms with Crippen LogP contribution in [0.2, 0.25) is 0 Å². The molecular formula is C44H35N23O3. The Bertz CT molecular complexity index is 3820. The number of imidazole rings is 3. The SMILES string of the molecule is Cn1nnnc1-n1c(OCc2cnc(-c3ccc4nc(OCc5ccc(Cc6ccc7nc(OCc8ccncn8)n(-c8nnnn8C)c7c6)cn5)n(-c5nnnn5C)c4c3)cn2)nc2ccccc21. The van der Waals surface area contributed by atoms with E-state index in [9.17, 15) is 0 Å². The quantitative estimate of drug-likeness (QED) is 0.143. The summed E-state index contributed by atoms with van der Waals surface area (Å²) in [4.78, 5) is 36.6. The van der Waals surface area contributed by atoms with Crippen LogP contribution in [0, 0.1) is 0 Å². The largest absolute Gasteiger partial charge is 0.458 e. The van der Waals surface area contributed by atoms with E-state index in [4.69, 9.17) is 34.1 Å². The average molecular weight is 934 g/mol. The number of aromatic nitrogens is 23. The van der Waals surface area contributed by atoms with Gasteiger partial charge in [0, 0.05) is 39.1 Å². The smallest absolute Gasteiger partial charge is 0.305 e. The summed E-state index contributed by atoms with van der Waals surface area (Å²) in [7, 11) is 5.25. The number of nitrogens with zero attached hydrogens (tertiary/aromatic N) is 23. The van der Waals surface area contributed by atoms with Gasteiger partial charge in [-0.25, -0.2) is 37.7 Å². The molecular weight excluding hydrogens is 899 g/mol. The third-order valence-corrected chi connectivity index (χ3v) is 11.2. The molecule has 0 atom stereocenters. The molecule has 9 aromatic heterocycles. The molecule has 0 radical (unpaired) electrons. The van der Waals surface area contributed by atoms with E-state index in [1.165, 1.54) is 6.33 Å². The van der Waals surface area contributed by atoms with Gasteiger partial charge in [0.1, 0.15) is 26.1 Å². The maximum Gasteiger partial charge on any atom is 0.305 e. The molecule has 12 aromatic rings. The van der Waals surface area contributed by atoms with Crippen molar-refractivity contribution in [2.24, 2.45) is 21.1 Å². The fourth-order valence-electron chi connectivity index (χ4n) is 7.82. The van der Waals surface area contributed by atoms with Crippen LogP contribution < -0.4 is 14.2 Å². The highest BCUT2D eigenvalue weighted by Crippen LogP contribution is 2.31. The molecule has 0 spiro atoms. The Kier molecular flexibility index (Phi) is 10.3. The summed E-state index contributed by atoms with van der Waals surface area (Å²) >= 11 is 0. The molecule has 12 rings (SSSR count). The van der Waals surface area contributed by atoms with Crippen molar-refractivity contribution in [3.05, 3.63) is 138 Å². The van der Waals surface area contributed by atoms with Crippen LogP contribution in [0.15, 0.2) is 110 Å². The van der Waals surface area contributed by atoms with Gasteiger partial charge < -0.3 is 14.2 Å². The van der Waals surface area contributed by atoms with Crippen LogP contribution in [0.25, 0.3) is 62.2 Å². The van der Waals surface area contributed by atoms with Gasteiger partial charge in [0.15, 0.2) is 0 Å². The van der Waals surface area contributed by atoms with E-state index in [2.05, 4.69) is 66.5 Å². The minimum Gasteiger partial charge on any atom is -0.458 e. The maximum atomic E-state index is 6.36.